The summed E-state index contributed by atoms with van der Waals surface area (Å²) in [5, 5.41) is 0. The summed E-state index contributed by atoms with van der Waals surface area (Å²) in [5.41, 5.74) is 5.31. The third-order valence-electron chi connectivity index (χ3n) is 2.89. The van der Waals surface area contributed by atoms with Crippen molar-refractivity contribution in [2.24, 2.45) is 5.73 Å². The highest BCUT2D eigenvalue weighted by Crippen LogP contribution is 2.16. The topological polar surface area (TPSA) is 55.6 Å². The quantitative estimate of drug-likeness (QED) is 0.754. The van der Waals surface area contributed by atoms with Crippen molar-refractivity contribution in [2.45, 2.75) is 45.2 Å². The number of ether oxygens (including phenoxy) is 1. The molecule has 0 radical (unpaired) electrons. The van der Waals surface area contributed by atoms with Crippen LogP contribution >= 0.6 is 0 Å². The second-order valence-corrected chi connectivity index (χ2v) is 4.59. The molecular weight excluding hydrogens is 192 g/mol. The number of amides is 1. The maximum absolute atomic E-state index is 12.2. The molecule has 0 aromatic heterocycles. The summed E-state index contributed by atoms with van der Waals surface area (Å²) < 4.78 is 5.30. The molecule has 1 heterocycles. The van der Waals surface area contributed by atoms with Crippen molar-refractivity contribution in [3.8, 4) is 0 Å². The standard InChI is InChI=1S/C11H22N2O2/c1-4-5-11(3,12)10(14)13-6-7-15-8-9(13)2/h9H,4-8,12H2,1-3H3/t9-,11?/m1/s1. The fourth-order valence-electron chi connectivity index (χ4n) is 1.98. The van der Waals surface area contributed by atoms with Gasteiger partial charge < -0.3 is 15.4 Å². The maximum Gasteiger partial charge on any atom is 0.242 e. The Morgan fingerprint density at radius 2 is 2.33 bits per heavy atom. The van der Waals surface area contributed by atoms with E-state index >= 15 is 0 Å². The average molecular weight is 214 g/mol. The Balaban J connectivity index is 2.65. The summed E-state index contributed by atoms with van der Waals surface area (Å²) in [6.45, 7) is 7.77. The van der Waals surface area contributed by atoms with Crippen molar-refractivity contribution in [1.29, 1.82) is 0 Å². The van der Waals surface area contributed by atoms with Crippen molar-refractivity contribution < 1.29 is 9.53 Å². The molecule has 1 saturated heterocycles. The van der Waals surface area contributed by atoms with E-state index < -0.39 is 5.54 Å². The van der Waals surface area contributed by atoms with Crippen LogP contribution in [0.2, 0.25) is 0 Å². The molecule has 0 spiro atoms. The van der Waals surface area contributed by atoms with Crippen molar-refractivity contribution in [3.63, 3.8) is 0 Å². The Labute approximate surface area is 91.8 Å². The number of carbonyl (C=O) groups is 1. The summed E-state index contributed by atoms with van der Waals surface area (Å²) >= 11 is 0. The van der Waals surface area contributed by atoms with E-state index in [-0.39, 0.29) is 11.9 Å². The van der Waals surface area contributed by atoms with E-state index in [1.807, 2.05) is 25.7 Å². The van der Waals surface area contributed by atoms with Gasteiger partial charge in [0.15, 0.2) is 0 Å². The van der Waals surface area contributed by atoms with Crippen LogP contribution in [0, 0.1) is 0 Å². The number of morpholine rings is 1. The van der Waals surface area contributed by atoms with Crippen LogP contribution in [0.3, 0.4) is 0 Å². The van der Waals surface area contributed by atoms with Crippen LogP contribution in [0.1, 0.15) is 33.6 Å². The number of rotatable bonds is 3. The Morgan fingerprint density at radius 1 is 1.67 bits per heavy atom. The van der Waals surface area contributed by atoms with Crippen LogP contribution in [0.5, 0.6) is 0 Å². The van der Waals surface area contributed by atoms with Crippen LogP contribution in [0.15, 0.2) is 0 Å². The predicted octanol–water partition coefficient (Wildman–Crippen LogP) is 0.751. The minimum atomic E-state index is -0.722. The molecule has 1 amide bonds. The summed E-state index contributed by atoms with van der Waals surface area (Å²) in [7, 11) is 0. The van der Waals surface area contributed by atoms with Gasteiger partial charge in [0.2, 0.25) is 5.91 Å². The molecule has 0 aromatic rings. The van der Waals surface area contributed by atoms with Gasteiger partial charge in [-0.05, 0) is 20.3 Å². The molecule has 0 aromatic carbocycles. The normalized spacial score (nSPS) is 26.1. The molecule has 88 valence electrons. The highest BCUT2D eigenvalue weighted by Gasteiger charge is 2.35. The first kappa shape index (κ1) is 12.5. The molecule has 2 N–H and O–H groups in total. The van der Waals surface area contributed by atoms with Gasteiger partial charge in [-0.3, -0.25) is 4.79 Å². The second-order valence-electron chi connectivity index (χ2n) is 4.59. The number of nitrogens with two attached hydrogens (primary N) is 1. The van der Waals surface area contributed by atoms with E-state index in [0.717, 1.165) is 12.8 Å². The highest BCUT2D eigenvalue weighted by molar-refractivity contribution is 5.86. The van der Waals surface area contributed by atoms with Crippen LogP contribution in [-0.2, 0) is 9.53 Å². The zero-order valence-electron chi connectivity index (χ0n) is 9.95. The monoisotopic (exact) mass is 214 g/mol. The van der Waals surface area contributed by atoms with E-state index in [0.29, 0.717) is 19.8 Å². The molecular formula is C11H22N2O2. The van der Waals surface area contributed by atoms with Gasteiger partial charge in [-0.1, -0.05) is 13.3 Å². The van der Waals surface area contributed by atoms with E-state index in [2.05, 4.69) is 0 Å². The minimum absolute atomic E-state index is 0.0557. The van der Waals surface area contributed by atoms with E-state index in [9.17, 15) is 4.79 Å². The third-order valence-corrected chi connectivity index (χ3v) is 2.89. The fraction of sp³-hybridized carbons (Fsp3) is 0.909. The molecule has 1 aliphatic heterocycles. The van der Waals surface area contributed by atoms with Crippen LogP contribution in [0.25, 0.3) is 0 Å². The molecule has 0 saturated carbocycles. The van der Waals surface area contributed by atoms with Gasteiger partial charge in [-0.2, -0.15) is 0 Å². The minimum Gasteiger partial charge on any atom is -0.377 e. The first-order valence-electron chi connectivity index (χ1n) is 5.66. The summed E-state index contributed by atoms with van der Waals surface area (Å²) in [6, 6.07) is 0.144. The van der Waals surface area contributed by atoms with Crippen molar-refractivity contribution in [3.05, 3.63) is 0 Å². The SMILES string of the molecule is CCCC(C)(N)C(=O)N1CCOC[C@H]1C. The van der Waals surface area contributed by atoms with E-state index in [1.165, 1.54) is 0 Å². The first-order valence-corrected chi connectivity index (χ1v) is 5.66. The molecule has 1 fully saturated rings. The Morgan fingerprint density at radius 3 is 2.87 bits per heavy atom. The van der Waals surface area contributed by atoms with Gasteiger partial charge in [0.25, 0.3) is 0 Å². The van der Waals surface area contributed by atoms with Crippen LogP contribution in [0.4, 0.5) is 0 Å². The summed E-state index contributed by atoms with van der Waals surface area (Å²) in [4.78, 5) is 14.0. The number of hydrogen-bond donors (Lipinski definition) is 1. The summed E-state index contributed by atoms with van der Waals surface area (Å²) in [5.74, 6) is 0.0557. The zero-order chi connectivity index (χ0) is 11.5. The Bertz CT molecular complexity index is 229. The van der Waals surface area contributed by atoms with Gasteiger partial charge in [0.1, 0.15) is 0 Å². The number of nitrogens with zero attached hydrogens (tertiary/aromatic N) is 1. The predicted molar refractivity (Wildman–Crippen MR) is 59.5 cm³/mol. The van der Waals surface area contributed by atoms with Crippen molar-refractivity contribution in [2.75, 3.05) is 19.8 Å². The van der Waals surface area contributed by atoms with Gasteiger partial charge >= 0.3 is 0 Å². The second kappa shape index (κ2) is 4.94. The van der Waals surface area contributed by atoms with Crippen molar-refractivity contribution in [1.82, 2.24) is 4.90 Å². The van der Waals surface area contributed by atoms with Crippen molar-refractivity contribution >= 4 is 5.91 Å². The molecule has 1 unspecified atom stereocenters. The highest BCUT2D eigenvalue weighted by atomic mass is 16.5. The lowest BCUT2D eigenvalue weighted by atomic mass is 9.95. The molecule has 4 heteroatoms. The Hall–Kier alpha value is -0.610. The smallest absolute Gasteiger partial charge is 0.242 e. The lowest BCUT2D eigenvalue weighted by molar-refractivity contribution is -0.144. The molecule has 0 aliphatic carbocycles. The maximum atomic E-state index is 12.2. The largest absolute Gasteiger partial charge is 0.377 e. The lowest BCUT2D eigenvalue weighted by Gasteiger charge is -2.38. The molecule has 2 atom stereocenters. The first-order chi connectivity index (χ1) is 6.99. The lowest BCUT2D eigenvalue weighted by Crippen LogP contribution is -2.58. The third kappa shape index (κ3) is 2.92. The molecule has 15 heavy (non-hydrogen) atoms. The molecule has 0 bridgehead atoms. The van der Waals surface area contributed by atoms with Gasteiger partial charge in [0.05, 0.1) is 24.8 Å². The zero-order valence-corrected chi connectivity index (χ0v) is 9.95. The van der Waals surface area contributed by atoms with Gasteiger partial charge in [0, 0.05) is 6.54 Å². The van der Waals surface area contributed by atoms with E-state index in [1.54, 1.807) is 0 Å². The average Bonchev–Trinajstić information content (AvgIpc) is 2.17. The fourth-order valence-corrected chi connectivity index (χ4v) is 1.98. The van der Waals surface area contributed by atoms with Crippen LogP contribution in [-0.4, -0.2) is 42.1 Å². The van der Waals surface area contributed by atoms with Gasteiger partial charge in [-0.25, -0.2) is 0 Å². The van der Waals surface area contributed by atoms with Gasteiger partial charge in [-0.15, -0.1) is 0 Å². The molecule has 1 aliphatic rings. The Kier molecular flexibility index (Phi) is 4.11. The number of carbonyl (C=O) groups excluding carboxylic acids is 1. The van der Waals surface area contributed by atoms with E-state index in [4.69, 9.17) is 10.5 Å². The summed E-state index contributed by atoms with van der Waals surface area (Å²) in [6.07, 6.45) is 1.66. The number of hydrogen-bond acceptors (Lipinski definition) is 3. The molecule has 4 nitrogen and oxygen atoms in total. The van der Waals surface area contributed by atoms with Crippen LogP contribution < -0.4 is 5.73 Å². The molecule has 1 rings (SSSR count).